The summed E-state index contributed by atoms with van der Waals surface area (Å²) in [6.45, 7) is 2.07. The molecule has 1 aromatic carbocycles. The molecule has 2 heterocycles. The van der Waals surface area contributed by atoms with Gasteiger partial charge in [0.1, 0.15) is 5.82 Å². The van der Waals surface area contributed by atoms with Gasteiger partial charge in [-0.25, -0.2) is 4.39 Å². The summed E-state index contributed by atoms with van der Waals surface area (Å²) < 4.78 is 13.2. The van der Waals surface area contributed by atoms with Gasteiger partial charge in [-0.1, -0.05) is 12.1 Å². The van der Waals surface area contributed by atoms with Gasteiger partial charge in [0.25, 0.3) is 5.91 Å². The smallest absolute Gasteiger partial charge is 0.252 e. The van der Waals surface area contributed by atoms with Gasteiger partial charge in [0.05, 0.1) is 11.2 Å². The number of pyridine rings is 2. The average Bonchev–Trinajstić information content (AvgIpc) is 3.54. The molecular formula is C25H24FN3O. The number of rotatable bonds is 4. The Morgan fingerprint density at radius 2 is 1.93 bits per heavy atom. The Balaban J connectivity index is 1.41. The quantitative estimate of drug-likeness (QED) is 0.682. The van der Waals surface area contributed by atoms with Crippen molar-refractivity contribution < 1.29 is 9.18 Å². The summed E-state index contributed by atoms with van der Waals surface area (Å²) in [6, 6.07) is 12.1. The Kier molecular flexibility index (Phi) is 4.61. The highest BCUT2D eigenvalue weighted by atomic mass is 19.1. The van der Waals surface area contributed by atoms with Crippen molar-refractivity contribution in [3.63, 3.8) is 0 Å². The molecule has 0 saturated heterocycles. The molecule has 5 rings (SSSR count). The maximum Gasteiger partial charge on any atom is 0.252 e. The molecule has 5 heteroatoms. The molecule has 0 aliphatic heterocycles. The molecule has 1 amide bonds. The highest BCUT2D eigenvalue weighted by Gasteiger charge is 2.47. The van der Waals surface area contributed by atoms with Crippen LogP contribution in [0.2, 0.25) is 0 Å². The lowest BCUT2D eigenvalue weighted by Gasteiger charge is -2.27. The fourth-order valence-corrected chi connectivity index (χ4v) is 4.50. The Bertz CT molecular complexity index is 1110. The van der Waals surface area contributed by atoms with Crippen LogP contribution in [0.3, 0.4) is 0 Å². The summed E-state index contributed by atoms with van der Waals surface area (Å²) in [4.78, 5) is 22.1. The predicted octanol–water partition coefficient (Wildman–Crippen LogP) is 4.81. The van der Waals surface area contributed by atoms with Crippen LogP contribution < -0.4 is 5.32 Å². The molecule has 4 nitrogen and oxygen atoms in total. The summed E-state index contributed by atoms with van der Waals surface area (Å²) in [5, 5.41) is 3.14. The third-order valence-corrected chi connectivity index (χ3v) is 6.29. The molecular weight excluding hydrogens is 377 g/mol. The summed E-state index contributed by atoms with van der Waals surface area (Å²) in [6.07, 6.45) is 8.75. The van der Waals surface area contributed by atoms with Crippen LogP contribution in [-0.4, -0.2) is 15.9 Å². The van der Waals surface area contributed by atoms with E-state index >= 15 is 0 Å². The third-order valence-electron chi connectivity index (χ3n) is 6.29. The first-order chi connectivity index (χ1) is 14.5. The fourth-order valence-electron chi connectivity index (χ4n) is 4.50. The largest absolute Gasteiger partial charge is 0.341 e. The second-order valence-corrected chi connectivity index (χ2v) is 8.52. The number of fused-ring (bicyclic) bond motifs is 1. The van der Waals surface area contributed by atoms with Gasteiger partial charge in [-0.15, -0.1) is 0 Å². The summed E-state index contributed by atoms with van der Waals surface area (Å²) in [5.41, 5.74) is 5.82. The lowest BCUT2D eigenvalue weighted by Crippen LogP contribution is -2.36. The van der Waals surface area contributed by atoms with Crippen molar-refractivity contribution in [2.75, 3.05) is 0 Å². The summed E-state index contributed by atoms with van der Waals surface area (Å²) in [5.74, 6) is -0.204. The van der Waals surface area contributed by atoms with Gasteiger partial charge in [-0.05, 0) is 86.1 Å². The lowest BCUT2D eigenvalue weighted by molar-refractivity contribution is 0.0929. The second kappa shape index (κ2) is 7.31. The van der Waals surface area contributed by atoms with E-state index in [1.165, 1.54) is 41.0 Å². The van der Waals surface area contributed by atoms with Crippen molar-refractivity contribution in [2.24, 2.45) is 0 Å². The number of hydrogen-bond acceptors (Lipinski definition) is 3. The number of amides is 1. The first-order valence-corrected chi connectivity index (χ1v) is 10.5. The van der Waals surface area contributed by atoms with Gasteiger partial charge in [-0.2, -0.15) is 0 Å². The van der Waals surface area contributed by atoms with E-state index < -0.39 is 5.54 Å². The second-order valence-electron chi connectivity index (χ2n) is 8.52. The Hall–Kier alpha value is -3.08. The number of halogens is 1. The molecule has 1 fully saturated rings. The Labute approximate surface area is 175 Å². The normalized spacial score (nSPS) is 19.1. The highest BCUT2D eigenvalue weighted by Crippen LogP contribution is 2.46. The van der Waals surface area contributed by atoms with Crippen LogP contribution in [0.15, 0.2) is 54.9 Å². The molecule has 1 saturated carbocycles. The van der Waals surface area contributed by atoms with Crippen LogP contribution in [0.25, 0.3) is 0 Å². The van der Waals surface area contributed by atoms with Crippen molar-refractivity contribution in [3.05, 3.63) is 94.3 Å². The van der Waals surface area contributed by atoms with Gasteiger partial charge in [0.2, 0.25) is 0 Å². The van der Waals surface area contributed by atoms with Crippen molar-refractivity contribution in [2.45, 2.75) is 50.5 Å². The van der Waals surface area contributed by atoms with E-state index in [2.05, 4.69) is 35.4 Å². The third kappa shape index (κ3) is 3.49. The fraction of sp³-hybridized carbons (Fsp3) is 0.320. The minimum absolute atomic E-state index is 0.185. The zero-order chi connectivity index (χ0) is 20.7. The molecule has 3 aromatic rings. The van der Waals surface area contributed by atoms with Gasteiger partial charge in [0.15, 0.2) is 0 Å². The molecule has 30 heavy (non-hydrogen) atoms. The topological polar surface area (TPSA) is 54.9 Å². The van der Waals surface area contributed by atoms with E-state index in [0.717, 1.165) is 43.5 Å². The number of aromatic nitrogens is 2. The van der Waals surface area contributed by atoms with Crippen LogP contribution in [0.4, 0.5) is 4.39 Å². The van der Waals surface area contributed by atoms with E-state index in [9.17, 15) is 9.18 Å². The molecule has 2 aliphatic rings. The first kappa shape index (κ1) is 18.9. The van der Waals surface area contributed by atoms with Crippen LogP contribution >= 0.6 is 0 Å². The zero-order valence-corrected chi connectivity index (χ0v) is 17.0. The minimum Gasteiger partial charge on any atom is -0.341 e. The molecule has 0 unspecified atom stereocenters. The standard InChI is InChI=1S/C25H24FN3O/c1-16-13-18(15-27-14-16)20-3-2-4-22-21(20)9-10-23(28-22)25(11-12-25)29-24(30)17-5-7-19(26)8-6-17/h5-10,13-15,20H,2-4,11-12H2,1H3,(H,29,30)/t20-/m1/s1. The molecule has 0 spiro atoms. The van der Waals surface area contributed by atoms with Crippen molar-refractivity contribution >= 4 is 5.91 Å². The van der Waals surface area contributed by atoms with Crippen molar-refractivity contribution in [1.29, 1.82) is 0 Å². The zero-order valence-electron chi connectivity index (χ0n) is 17.0. The van der Waals surface area contributed by atoms with E-state index in [0.29, 0.717) is 11.5 Å². The number of aryl methyl sites for hydroxylation is 2. The monoisotopic (exact) mass is 401 g/mol. The number of nitrogens with one attached hydrogen (secondary N) is 1. The number of benzene rings is 1. The van der Waals surface area contributed by atoms with Crippen LogP contribution in [0, 0.1) is 12.7 Å². The molecule has 152 valence electrons. The average molecular weight is 401 g/mol. The number of hydrogen-bond donors (Lipinski definition) is 1. The molecule has 2 aromatic heterocycles. The lowest BCUT2D eigenvalue weighted by atomic mass is 9.81. The van der Waals surface area contributed by atoms with Crippen LogP contribution in [0.5, 0.6) is 0 Å². The van der Waals surface area contributed by atoms with E-state index in [-0.39, 0.29) is 11.7 Å². The van der Waals surface area contributed by atoms with Gasteiger partial charge in [0, 0.05) is 29.6 Å². The molecule has 1 N–H and O–H groups in total. The number of nitrogens with zero attached hydrogens (tertiary/aromatic N) is 2. The van der Waals surface area contributed by atoms with Gasteiger partial charge >= 0.3 is 0 Å². The maximum atomic E-state index is 13.2. The van der Waals surface area contributed by atoms with Crippen LogP contribution in [-0.2, 0) is 12.0 Å². The molecule has 1 atom stereocenters. The van der Waals surface area contributed by atoms with Gasteiger partial charge < -0.3 is 5.32 Å². The minimum atomic E-state index is -0.404. The summed E-state index contributed by atoms with van der Waals surface area (Å²) >= 11 is 0. The van der Waals surface area contributed by atoms with E-state index in [4.69, 9.17) is 4.98 Å². The SMILES string of the molecule is Cc1cncc([C@H]2CCCc3nc(C4(NC(=O)c5ccc(F)cc5)CC4)ccc32)c1. The first-order valence-electron chi connectivity index (χ1n) is 10.5. The van der Waals surface area contributed by atoms with E-state index in [1.54, 1.807) is 0 Å². The van der Waals surface area contributed by atoms with Crippen molar-refractivity contribution in [1.82, 2.24) is 15.3 Å². The summed E-state index contributed by atoms with van der Waals surface area (Å²) in [7, 11) is 0. The molecule has 0 bridgehead atoms. The molecule has 2 aliphatic carbocycles. The number of carbonyl (C=O) groups excluding carboxylic acids is 1. The highest BCUT2D eigenvalue weighted by molar-refractivity contribution is 5.95. The van der Waals surface area contributed by atoms with Crippen LogP contribution in [0.1, 0.15) is 70.0 Å². The van der Waals surface area contributed by atoms with Crippen molar-refractivity contribution in [3.8, 4) is 0 Å². The van der Waals surface area contributed by atoms with Gasteiger partial charge in [-0.3, -0.25) is 14.8 Å². The molecule has 0 radical (unpaired) electrons. The maximum absolute atomic E-state index is 13.2. The number of carbonyl (C=O) groups is 1. The predicted molar refractivity (Wildman–Crippen MR) is 113 cm³/mol. The van der Waals surface area contributed by atoms with E-state index in [1.807, 2.05) is 12.4 Å². The Morgan fingerprint density at radius 3 is 2.67 bits per heavy atom. The Morgan fingerprint density at radius 1 is 1.13 bits per heavy atom.